The van der Waals surface area contributed by atoms with Crippen LogP contribution in [-0.2, 0) is 4.74 Å². The predicted molar refractivity (Wildman–Crippen MR) is 74.4 cm³/mol. The second kappa shape index (κ2) is 4.89. The van der Waals surface area contributed by atoms with E-state index in [2.05, 4.69) is 53.8 Å². The summed E-state index contributed by atoms with van der Waals surface area (Å²) in [7, 11) is 0. The lowest BCUT2D eigenvalue weighted by Gasteiger charge is -2.48. The van der Waals surface area contributed by atoms with Crippen molar-refractivity contribution in [2.24, 2.45) is 0 Å². The van der Waals surface area contributed by atoms with Gasteiger partial charge in [-0.15, -0.1) is 0 Å². The second-order valence-electron chi connectivity index (χ2n) is 7.55. The van der Waals surface area contributed by atoms with E-state index in [1.807, 2.05) is 0 Å². The topological polar surface area (TPSA) is 21.3 Å². The fraction of sp³-hybridized carbons (Fsp3) is 1.00. The van der Waals surface area contributed by atoms with E-state index in [4.69, 9.17) is 4.74 Å². The molecule has 1 rings (SSSR count). The molecule has 0 aromatic heterocycles. The third-order valence-electron chi connectivity index (χ3n) is 3.49. The summed E-state index contributed by atoms with van der Waals surface area (Å²) < 4.78 is 6.35. The van der Waals surface area contributed by atoms with Crippen LogP contribution in [0.3, 0.4) is 0 Å². The molecule has 17 heavy (non-hydrogen) atoms. The van der Waals surface area contributed by atoms with Crippen molar-refractivity contribution >= 4 is 0 Å². The van der Waals surface area contributed by atoms with Crippen molar-refractivity contribution in [2.75, 3.05) is 0 Å². The second-order valence-corrected chi connectivity index (χ2v) is 7.55. The zero-order valence-corrected chi connectivity index (χ0v) is 12.8. The van der Waals surface area contributed by atoms with E-state index in [-0.39, 0.29) is 16.7 Å². The third-order valence-corrected chi connectivity index (χ3v) is 3.49. The van der Waals surface area contributed by atoms with Gasteiger partial charge in [-0.05, 0) is 60.8 Å². The molecule has 0 amide bonds. The summed E-state index contributed by atoms with van der Waals surface area (Å²) in [5, 5.41) is 3.70. The molecule has 1 heterocycles. The van der Waals surface area contributed by atoms with Gasteiger partial charge in [0.25, 0.3) is 0 Å². The van der Waals surface area contributed by atoms with Crippen LogP contribution in [0.1, 0.15) is 74.1 Å². The van der Waals surface area contributed by atoms with E-state index >= 15 is 0 Å². The summed E-state index contributed by atoms with van der Waals surface area (Å²) in [5.41, 5.74) is 0.367. The van der Waals surface area contributed by atoms with E-state index < -0.39 is 0 Å². The van der Waals surface area contributed by atoms with Gasteiger partial charge >= 0.3 is 0 Å². The summed E-state index contributed by atoms with van der Waals surface area (Å²) in [6.45, 7) is 15.8. The maximum absolute atomic E-state index is 6.35. The number of piperidine rings is 1. The van der Waals surface area contributed by atoms with Crippen molar-refractivity contribution < 1.29 is 4.74 Å². The van der Waals surface area contributed by atoms with Crippen molar-refractivity contribution in [2.45, 2.75) is 96.9 Å². The van der Waals surface area contributed by atoms with Gasteiger partial charge in [-0.1, -0.05) is 13.3 Å². The molecule has 0 unspecified atom stereocenters. The van der Waals surface area contributed by atoms with Crippen LogP contribution in [0.15, 0.2) is 0 Å². The van der Waals surface area contributed by atoms with Gasteiger partial charge in [0.2, 0.25) is 0 Å². The molecule has 0 aromatic carbocycles. The predicted octanol–water partition coefficient (Wildman–Crippen LogP) is 3.89. The lowest BCUT2D eigenvalue weighted by atomic mass is 9.80. The molecule has 0 atom stereocenters. The maximum atomic E-state index is 6.35. The molecule has 2 heteroatoms. The Labute approximate surface area is 108 Å². The van der Waals surface area contributed by atoms with Gasteiger partial charge in [0.1, 0.15) is 0 Å². The Morgan fingerprint density at radius 3 is 2.00 bits per heavy atom. The Morgan fingerprint density at radius 1 is 1.12 bits per heavy atom. The first-order valence-electron chi connectivity index (χ1n) is 7.02. The highest BCUT2D eigenvalue weighted by Gasteiger charge is 2.39. The number of hydrogen-bond donors (Lipinski definition) is 1. The summed E-state index contributed by atoms with van der Waals surface area (Å²) in [5.74, 6) is 0. The molecule has 0 saturated carbocycles. The average molecular weight is 241 g/mol. The van der Waals surface area contributed by atoms with Crippen molar-refractivity contribution in [1.82, 2.24) is 5.32 Å². The number of hydrogen-bond acceptors (Lipinski definition) is 2. The summed E-state index contributed by atoms with van der Waals surface area (Å²) >= 11 is 0. The average Bonchev–Trinajstić information content (AvgIpc) is 1.94. The van der Waals surface area contributed by atoms with Gasteiger partial charge in [0.15, 0.2) is 0 Å². The first-order valence-corrected chi connectivity index (χ1v) is 7.02. The van der Waals surface area contributed by atoms with Crippen LogP contribution in [0.25, 0.3) is 0 Å². The highest BCUT2D eigenvalue weighted by Crippen LogP contribution is 2.33. The van der Waals surface area contributed by atoms with Gasteiger partial charge in [0, 0.05) is 11.1 Å². The van der Waals surface area contributed by atoms with Gasteiger partial charge in [-0.3, -0.25) is 0 Å². The quantitative estimate of drug-likeness (QED) is 0.806. The van der Waals surface area contributed by atoms with Gasteiger partial charge in [0.05, 0.1) is 11.7 Å². The first-order chi connectivity index (χ1) is 7.55. The maximum Gasteiger partial charge on any atom is 0.0630 e. The molecule has 2 nitrogen and oxygen atoms in total. The van der Waals surface area contributed by atoms with Crippen molar-refractivity contribution in [3.63, 3.8) is 0 Å². The molecule has 0 bridgehead atoms. The van der Waals surface area contributed by atoms with Crippen molar-refractivity contribution in [3.05, 3.63) is 0 Å². The summed E-state index contributed by atoms with van der Waals surface area (Å²) in [4.78, 5) is 0. The molecule has 1 saturated heterocycles. The minimum Gasteiger partial charge on any atom is -0.372 e. The zero-order valence-electron chi connectivity index (χ0n) is 12.8. The van der Waals surface area contributed by atoms with Gasteiger partial charge < -0.3 is 10.1 Å². The molecular weight excluding hydrogens is 210 g/mol. The van der Waals surface area contributed by atoms with Crippen molar-refractivity contribution in [1.29, 1.82) is 0 Å². The molecular formula is C15H31NO. The third kappa shape index (κ3) is 4.97. The smallest absolute Gasteiger partial charge is 0.0630 e. The fourth-order valence-corrected chi connectivity index (χ4v) is 3.42. The minimum absolute atomic E-state index is 0.0168. The lowest BCUT2D eigenvalue weighted by Crippen LogP contribution is -2.60. The monoisotopic (exact) mass is 241 g/mol. The fourth-order valence-electron chi connectivity index (χ4n) is 3.42. The summed E-state index contributed by atoms with van der Waals surface area (Å²) in [6.07, 6.45) is 4.90. The van der Waals surface area contributed by atoms with E-state index in [1.165, 1.54) is 6.42 Å². The molecule has 1 N–H and O–H groups in total. The minimum atomic E-state index is 0.0168. The molecule has 1 aliphatic rings. The van der Waals surface area contributed by atoms with E-state index in [0.29, 0.717) is 6.10 Å². The molecule has 1 aliphatic heterocycles. The highest BCUT2D eigenvalue weighted by molar-refractivity contribution is 4.98. The molecule has 0 spiro atoms. The van der Waals surface area contributed by atoms with Gasteiger partial charge in [-0.2, -0.15) is 0 Å². The molecule has 0 radical (unpaired) electrons. The van der Waals surface area contributed by atoms with E-state index in [9.17, 15) is 0 Å². The Balaban J connectivity index is 2.65. The van der Waals surface area contributed by atoms with E-state index in [1.54, 1.807) is 0 Å². The molecule has 1 fully saturated rings. The molecule has 0 aliphatic carbocycles. The van der Waals surface area contributed by atoms with Crippen LogP contribution < -0.4 is 5.32 Å². The Morgan fingerprint density at radius 2 is 1.59 bits per heavy atom. The highest BCUT2D eigenvalue weighted by atomic mass is 16.5. The van der Waals surface area contributed by atoms with Crippen LogP contribution >= 0.6 is 0 Å². The SMILES string of the molecule is CCCC(C)(C)OC1CC(C)(C)NC(C)(C)C1. The standard InChI is InChI=1S/C15H31NO/c1-8-9-15(6,7)17-12-10-13(2,3)16-14(4,5)11-12/h12,16H,8-11H2,1-7H3. The van der Waals surface area contributed by atoms with Crippen LogP contribution in [-0.4, -0.2) is 22.8 Å². The Hall–Kier alpha value is -0.0800. The van der Waals surface area contributed by atoms with Crippen LogP contribution in [0.2, 0.25) is 0 Å². The lowest BCUT2D eigenvalue weighted by molar-refractivity contribution is -0.111. The van der Waals surface area contributed by atoms with Crippen LogP contribution in [0.5, 0.6) is 0 Å². The number of rotatable bonds is 4. The largest absolute Gasteiger partial charge is 0.372 e. The van der Waals surface area contributed by atoms with Crippen LogP contribution in [0.4, 0.5) is 0 Å². The Kier molecular flexibility index (Phi) is 4.31. The normalized spacial score (nSPS) is 24.9. The molecule has 0 aromatic rings. The van der Waals surface area contributed by atoms with Crippen molar-refractivity contribution in [3.8, 4) is 0 Å². The zero-order chi connectivity index (χ0) is 13.3. The van der Waals surface area contributed by atoms with E-state index in [0.717, 1.165) is 19.3 Å². The summed E-state index contributed by atoms with van der Waals surface area (Å²) in [6, 6.07) is 0. The number of nitrogens with one attached hydrogen (secondary N) is 1. The number of ether oxygens (including phenoxy) is 1. The Bertz CT molecular complexity index is 240. The van der Waals surface area contributed by atoms with Crippen LogP contribution in [0, 0.1) is 0 Å². The van der Waals surface area contributed by atoms with Gasteiger partial charge in [-0.25, -0.2) is 0 Å². The molecule has 102 valence electrons. The first kappa shape index (κ1) is 15.0.